The van der Waals surface area contributed by atoms with E-state index >= 15 is 0 Å². The van der Waals surface area contributed by atoms with E-state index in [2.05, 4.69) is 0 Å². The number of benzene rings is 1. The number of ether oxygens (including phenoxy) is 1. The van der Waals surface area contributed by atoms with E-state index in [-0.39, 0.29) is 13.2 Å². The van der Waals surface area contributed by atoms with Gasteiger partial charge in [0, 0.05) is 6.54 Å². The van der Waals surface area contributed by atoms with Crippen molar-refractivity contribution in [3.8, 4) is 0 Å². The number of aliphatic carboxylic acids is 1. The molecule has 0 aromatic heterocycles. The first-order valence-corrected chi connectivity index (χ1v) is 5.15. The third kappa shape index (κ3) is 3.04. The molecular formula is C12H15NO4. The molecule has 0 spiro atoms. The minimum absolute atomic E-state index is 0.0442. The molecule has 92 valence electrons. The first-order chi connectivity index (χ1) is 8.00. The molecule has 0 heterocycles. The number of carboxylic acids is 1. The first kappa shape index (κ1) is 13.2. The Morgan fingerprint density at radius 1 is 1.35 bits per heavy atom. The number of hydrogen-bond donors (Lipinski definition) is 2. The number of hydrogen-bond acceptors (Lipinski definition) is 4. The lowest BCUT2D eigenvalue weighted by Gasteiger charge is -2.20. The third-order valence-corrected chi connectivity index (χ3v) is 2.54. The molecule has 5 nitrogen and oxygen atoms in total. The number of carboxylic acid groups (broad SMARTS) is 1. The van der Waals surface area contributed by atoms with Gasteiger partial charge < -0.3 is 15.6 Å². The quantitative estimate of drug-likeness (QED) is 0.583. The van der Waals surface area contributed by atoms with Crippen molar-refractivity contribution in [3.05, 3.63) is 35.9 Å². The molecule has 1 unspecified atom stereocenters. The monoisotopic (exact) mass is 237 g/mol. The summed E-state index contributed by atoms with van der Waals surface area (Å²) in [6.45, 7) is 1.00. The molecule has 0 amide bonds. The van der Waals surface area contributed by atoms with Crippen molar-refractivity contribution in [2.24, 2.45) is 11.1 Å². The van der Waals surface area contributed by atoms with E-state index in [1.165, 1.54) is 6.92 Å². The fourth-order valence-electron chi connectivity index (χ4n) is 1.14. The summed E-state index contributed by atoms with van der Waals surface area (Å²) in [4.78, 5) is 22.6. The van der Waals surface area contributed by atoms with Crippen LogP contribution < -0.4 is 5.73 Å². The van der Waals surface area contributed by atoms with Crippen LogP contribution in [0.4, 0.5) is 0 Å². The van der Waals surface area contributed by atoms with Crippen molar-refractivity contribution < 1.29 is 19.4 Å². The number of carbonyl (C=O) groups excluding carboxylic acids is 1. The highest BCUT2D eigenvalue weighted by atomic mass is 16.5. The molecule has 0 saturated heterocycles. The average Bonchev–Trinajstić information content (AvgIpc) is 2.35. The first-order valence-electron chi connectivity index (χ1n) is 5.15. The van der Waals surface area contributed by atoms with E-state index < -0.39 is 17.4 Å². The zero-order chi connectivity index (χ0) is 12.9. The van der Waals surface area contributed by atoms with Gasteiger partial charge in [-0.15, -0.1) is 0 Å². The molecular weight excluding hydrogens is 222 g/mol. The zero-order valence-corrected chi connectivity index (χ0v) is 9.55. The van der Waals surface area contributed by atoms with E-state index in [1.807, 2.05) is 18.2 Å². The van der Waals surface area contributed by atoms with Gasteiger partial charge in [0.05, 0.1) is 0 Å². The SMILES string of the molecule is CC(CN)(C(=O)O)C(=O)OCc1ccccc1. The molecule has 0 fully saturated rings. The van der Waals surface area contributed by atoms with Crippen LogP contribution in [0.1, 0.15) is 12.5 Å². The van der Waals surface area contributed by atoms with Gasteiger partial charge >= 0.3 is 11.9 Å². The Bertz CT molecular complexity index is 404. The highest BCUT2D eigenvalue weighted by Crippen LogP contribution is 2.18. The summed E-state index contributed by atoms with van der Waals surface area (Å²) in [5.41, 5.74) is 4.41. The average molecular weight is 237 g/mol. The van der Waals surface area contributed by atoms with Crippen molar-refractivity contribution in [3.63, 3.8) is 0 Å². The number of nitrogens with two attached hydrogens (primary N) is 1. The van der Waals surface area contributed by atoms with Crippen molar-refractivity contribution in [1.29, 1.82) is 0 Å². The van der Waals surface area contributed by atoms with Crippen molar-refractivity contribution in [2.45, 2.75) is 13.5 Å². The molecule has 3 N–H and O–H groups in total. The van der Waals surface area contributed by atoms with Crippen LogP contribution >= 0.6 is 0 Å². The molecule has 0 aliphatic rings. The van der Waals surface area contributed by atoms with E-state index in [0.717, 1.165) is 5.56 Å². The zero-order valence-electron chi connectivity index (χ0n) is 9.55. The van der Waals surface area contributed by atoms with Crippen LogP contribution in [0.25, 0.3) is 0 Å². The standard InChI is InChI=1S/C12H15NO4/c1-12(8-13,10(14)15)11(16)17-7-9-5-3-2-4-6-9/h2-6H,7-8,13H2,1H3,(H,14,15). The summed E-state index contributed by atoms with van der Waals surface area (Å²) in [6, 6.07) is 9.03. The molecule has 17 heavy (non-hydrogen) atoms. The predicted molar refractivity (Wildman–Crippen MR) is 61.0 cm³/mol. The third-order valence-electron chi connectivity index (χ3n) is 2.54. The van der Waals surface area contributed by atoms with E-state index in [4.69, 9.17) is 15.6 Å². The van der Waals surface area contributed by atoms with Crippen LogP contribution in [0.3, 0.4) is 0 Å². The minimum atomic E-state index is -1.69. The Balaban J connectivity index is 2.64. The number of rotatable bonds is 5. The molecule has 0 radical (unpaired) electrons. The molecule has 1 aromatic carbocycles. The van der Waals surface area contributed by atoms with Crippen LogP contribution in [0.15, 0.2) is 30.3 Å². The lowest BCUT2D eigenvalue weighted by molar-refractivity contribution is -0.167. The smallest absolute Gasteiger partial charge is 0.324 e. The Labute approximate surface area is 99.2 Å². The second-order valence-corrected chi connectivity index (χ2v) is 3.90. The lowest BCUT2D eigenvalue weighted by Crippen LogP contribution is -2.44. The van der Waals surface area contributed by atoms with E-state index in [9.17, 15) is 9.59 Å². The van der Waals surface area contributed by atoms with Crippen LogP contribution in [0, 0.1) is 5.41 Å². The fourth-order valence-corrected chi connectivity index (χ4v) is 1.14. The fraction of sp³-hybridized carbons (Fsp3) is 0.333. The topological polar surface area (TPSA) is 89.6 Å². The summed E-state index contributed by atoms with van der Waals surface area (Å²) in [5.74, 6) is -2.10. The van der Waals surface area contributed by atoms with Gasteiger partial charge in [-0.25, -0.2) is 0 Å². The maximum atomic E-state index is 11.6. The second-order valence-electron chi connectivity index (χ2n) is 3.90. The van der Waals surface area contributed by atoms with E-state index in [1.54, 1.807) is 12.1 Å². The summed E-state index contributed by atoms with van der Waals surface area (Å²) in [6.07, 6.45) is 0. The Kier molecular flexibility index (Phi) is 4.23. The molecule has 0 aliphatic carbocycles. The molecule has 0 aliphatic heterocycles. The van der Waals surface area contributed by atoms with Crippen molar-refractivity contribution in [2.75, 3.05) is 6.54 Å². The minimum Gasteiger partial charge on any atom is -0.480 e. The van der Waals surface area contributed by atoms with Gasteiger partial charge in [0.15, 0.2) is 5.41 Å². The maximum Gasteiger partial charge on any atom is 0.324 e. The van der Waals surface area contributed by atoms with Crippen LogP contribution in [0.2, 0.25) is 0 Å². The second kappa shape index (κ2) is 5.45. The summed E-state index contributed by atoms with van der Waals surface area (Å²) >= 11 is 0. The Hall–Kier alpha value is -1.88. The molecule has 1 aromatic rings. The van der Waals surface area contributed by atoms with Gasteiger partial charge in [-0.05, 0) is 12.5 Å². The maximum absolute atomic E-state index is 11.6. The molecule has 0 bridgehead atoms. The van der Waals surface area contributed by atoms with Crippen molar-refractivity contribution >= 4 is 11.9 Å². The molecule has 0 saturated carbocycles. The number of esters is 1. The highest BCUT2D eigenvalue weighted by molar-refractivity contribution is 5.98. The van der Waals surface area contributed by atoms with Gasteiger partial charge in [-0.1, -0.05) is 30.3 Å². The van der Waals surface area contributed by atoms with Gasteiger partial charge in [0.2, 0.25) is 0 Å². The Morgan fingerprint density at radius 3 is 2.41 bits per heavy atom. The lowest BCUT2D eigenvalue weighted by atomic mass is 9.91. The molecule has 1 atom stereocenters. The van der Waals surface area contributed by atoms with Crippen LogP contribution in [-0.2, 0) is 20.9 Å². The summed E-state index contributed by atoms with van der Waals surface area (Å²) in [7, 11) is 0. The summed E-state index contributed by atoms with van der Waals surface area (Å²) < 4.78 is 4.95. The van der Waals surface area contributed by atoms with Gasteiger partial charge in [0.1, 0.15) is 6.61 Å². The van der Waals surface area contributed by atoms with Crippen molar-refractivity contribution in [1.82, 2.24) is 0 Å². The van der Waals surface area contributed by atoms with Gasteiger partial charge in [0.25, 0.3) is 0 Å². The van der Waals surface area contributed by atoms with Gasteiger partial charge in [-0.3, -0.25) is 9.59 Å². The van der Waals surface area contributed by atoms with Crippen LogP contribution in [-0.4, -0.2) is 23.6 Å². The predicted octanol–water partition coefficient (Wildman–Crippen LogP) is 0.779. The Morgan fingerprint density at radius 2 is 1.94 bits per heavy atom. The number of carbonyl (C=O) groups is 2. The summed E-state index contributed by atoms with van der Waals surface area (Å²) in [5, 5.41) is 8.92. The molecule has 1 rings (SSSR count). The van der Waals surface area contributed by atoms with E-state index in [0.29, 0.717) is 0 Å². The van der Waals surface area contributed by atoms with Gasteiger partial charge in [-0.2, -0.15) is 0 Å². The molecule has 5 heteroatoms. The highest BCUT2D eigenvalue weighted by Gasteiger charge is 2.41. The normalized spacial score (nSPS) is 13.8. The largest absolute Gasteiger partial charge is 0.480 e. The van der Waals surface area contributed by atoms with Crippen LogP contribution in [0.5, 0.6) is 0 Å².